The largest absolute Gasteiger partial charge is 0.504 e. The van der Waals surface area contributed by atoms with Crippen LogP contribution in [0.25, 0.3) is 11.5 Å². The maximum atomic E-state index is 9.67. The summed E-state index contributed by atoms with van der Waals surface area (Å²) in [4.78, 5) is 4.28. The molecule has 0 saturated heterocycles. The Kier molecular flexibility index (Phi) is 3.23. The topological polar surface area (TPSA) is 96.4 Å². The van der Waals surface area contributed by atoms with E-state index in [-0.39, 0.29) is 11.5 Å². The van der Waals surface area contributed by atoms with Gasteiger partial charge in [0.25, 0.3) is 0 Å². The van der Waals surface area contributed by atoms with E-state index in [1.54, 1.807) is 16.9 Å². The third-order valence-electron chi connectivity index (χ3n) is 3.37. The number of phenols is 2. The average Bonchev–Trinajstić information content (AvgIpc) is 3.01. The molecule has 0 spiro atoms. The Labute approximate surface area is 135 Å². The molecule has 3 heterocycles. The molecule has 0 saturated carbocycles. The number of aromatic nitrogens is 4. The number of fused-ring (bicyclic) bond motifs is 1. The van der Waals surface area contributed by atoms with Gasteiger partial charge in [-0.15, -0.1) is 10.2 Å². The molecular formula is C15H11N5O2S. The SMILES string of the molecule is Oc1ccc(C2=Nn3c(nnc3-c3ccccn3)SC2)cc1O. The summed E-state index contributed by atoms with van der Waals surface area (Å²) in [6.45, 7) is 0. The molecule has 7 nitrogen and oxygen atoms in total. The maximum Gasteiger partial charge on any atom is 0.212 e. The number of hydrogen-bond donors (Lipinski definition) is 2. The molecular weight excluding hydrogens is 314 g/mol. The Hall–Kier alpha value is -2.87. The van der Waals surface area contributed by atoms with Crippen molar-refractivity contribution in [3.05, 3.63) is 48.2 Å². The van der Waals surface area contributed by atoms with Gasteiger partial charge in [0, 0.05) is 17.5 Å². The fourth-order valence-electron chi connectivity index (χ4n) is 2.23. The zero-order chi connectivity index (χ0) is 15.8. The maximum absolute atomic E-state index is 9.67. The number of hydrogen-bond acceptors (Lipinski definition) is 7. The van der Waals surface area contributed by atoms with Crippen LogP contribution in [0.4, 0.5) is 0 Å². The third-order valence-corrected chi connectivity index (χ3v) is 4.30. The molecule has 0 fully saturated rings. The standard InChI is InChI=1S/C15H11N5O2S/c21-12-5-4-9(7-13(12)22)11-8-23-15-18-17-14(20(15)19-11)10-3-1-2-6-16-10/h1-7,21-22H,8H2. The van der Waals surface area contributed by atoms with Crippen molar-refractivity contribution in [3.63, 3.8) is 0 Å². The van der Waals surface area contributed by atoms with Gasteiger partial charge < -0.3 is 10.2 Å². The van der Waals surface area contributed by atoms with Gasteiger partial charge in [0.1, 0.15) is 5.69 Å². The van der Waals surface area contributed by atoms with Crippen LogP contribution >= 0.6 is 11.8 Å². The van der Waals surface area contributed by atoms with Crippen LogP contribution in [0.1, 0.15) is 5.56 Å². The van der Waals surface area contributed by atoms with Crippen molar-refractivity contribution >= 4 is 17.5 Å². The minimum Gasteiger partial charge on any atom is -0.504 e. The predicted octanol–water partition coefficient (Wildman–Crippen LogP) is 2.11. The molecule has 0 amide bonds. The quantitative estimate of drug-likeness (QED) is 0.701. The van der Waals surface area contributed by atoms with Gasteiger partial charge in [-0.2, -0.15) is 9.78 Å². The molecule has 4 rings (SSSR count). The van der Waals surface area contributed by atoms with Crippen molar-refractivity contribution < 1.29 is 10.2 Å². The van der Waals surface area contributed by atoms with Crippen LogP contribution in [-0.4, -0.2) is 41.5 Å². The van der Waals surface area contributed by atoms with Crippen molar-refractivity contribution in [2.24, 2.45) is 5.10 Å². The van der Waals surface area contributed by atoms with Crippen LogP contribution in [0.2, 0.25) is 0 Å². The van der Waals surface area contributed by atoms with Crippen LogP contribution in [0.3, 0.4) is 0 Å². The normalized spacial score (nSPS) is 13.5. The van der Waals surface area contributed by atoms with E-state index in [0.29, 0.717) is 22.4 Å². The monoisotopic (exact) mass is 325 g/mol. The first-order chi connectivity index (χ1) is 11.2. The van der Waals surface area contributed by atoms with Crippen molar-refractivity contribution in [2.45, 2.75) is 5.16 Å². The van der Waals surface area contributed by atoms with E-state index in [2.05, 4.69) is 20.3 Å². The molecule has 0 unspecified atom stereocenters. The third kappa shape index (κ3) is 2.42. The molecule has 0 radical (unpaired) electrons. The lowest BCUT2D eigenvalue weighted by Gasteiger charge is -2.14. The van der Waals surface area contributed by atoms with Crippen molar-refractivity contribution in [3.8, 4) is 23.0 Å². The van der Waals surface area contributed by atoms with E-state index in [9.17, 15) is 10.2 Å². The van der Waals surface area contributed by atoms with Crippen molar-refractivity contribution in [1.82, 2.24) is 19.9 Å². The zero-order valence-corrected chi connectivity index (χ0v) is 12.6. The number of thioether (sulfide) groups is 1. The molecule has 3 aromatic rings. The molecule has 1 aliphatic heterocycles. The average molecular weight is 325 g/mol. The molecule has 2 aromatic heterocycles. The zero-order valence-electron chi connectivity index (χ0n) is 11.8. The van der Waals surface area contributed by atoms with Gasteiger partial charge in [-0.3, -0.25) is 4.98 Å². The fourth-order valence-corrected chi connectivity index (χ4v) is 3.07. The van der Waals surface area contributed by atoms with E-state index in [1.807, 2.05) is 18.2 Å². The fraction of sp³-hybridized carbons (Fsp3) is 0.0667. The van der Waals surface area contributed by atoms with Gasteiger partial charge in [-0.25, -0.2) is 0 Å². The Bertz CT molecular complexity index is 907. The lowest BCUT2D eigenvalue weighted by molar-refractivity contribution is 0.403. The summed E-state index contributed by atoms with van der Waals surface area (Å²) in [7, 11) is 0. The highest BCUT2D eigenvalue weighted by Gasteiger charge is 2.21. The van der Waals surface area contributed by atoms with Gasteiger partial charge in [0.05, 0.1) is 5.71 Å². The number of pyridine rings is 1. The van der Waals surface area contributed by atoms with Crippen LogP contribution in [0.15, 0.2) is 52.9 Å². The van der Waals surface area contributed by atoms with Gasteiger partial charge in [-0.05, 0) is 30.3 Å². The number of rotatable bonds is 2. The minimum atomic E-state index is -0.172. The highest BCUT2D eigenvalue weighted by atomic mass is 32.2. The van der Waals surface area contributed by atoms with Gasteiger partial charge in [0.15, 0.2) is 11.5 Å². The summed E-state index contributed by atoms with van der Waals surface area (Å²) in [5.74, 6) is 0.838. The summed E-state index contributed by atoms with van der Waals surface area (Å²) in [6, 6.07) is 10.2. The number of benzene rings is 1. The van der Waals surface area contributed by atoms with Gasteiger partial charge in [0.2, 0.25) is 11.0 Å². The Morgan fingerprint density at radius 1 is 1.04 bits per heavy atom. The molecule has 1 aromatic carbocycles. The molecule has 114 valence electrons. The second-order valence-electron chi connectivity index (χ2n) is 4.87. The number of aromatic hydroxyl groups is 2. The Morgan fingerprint density at radius 2 is 1.96 bits per heavy atom. The first kappa shape index (κ1) is 13.8. The molecule has 23 heavy (non-hydrogen) atoms. The summed E-state index contributed by atoms with van der Waals surface area (Å²) in [6.07, 6.45) is 1.69. The molecule has 0 atom stereocenters. The van der Waals surface area contributed by atoms with E-state index < -0.39 is 0 Å². The summed E-state index contributed by atoms with van der Waals surface area (Å²) in [5, 5.41) is 32.7. The van der Waals surface area contributed by atoms with Crippen LogP contribution < -0.4 is 0 Å². The van der Waals surface area contributed by atoms with Gasteiger partial charge in [-0.1, -0.05) is 17.8 Å². The molecule has 0 aliphatic carbocycles. The first-order valence-corrected chi connectivity index (χ1v) is 7.81. The second kappa shape index (κ2) is 5.40. The van der Waals surface area contributed by atoms with E-state index in [4.69, 9.17) is 0 Å². The minimum absolute atomic E-state index is 0.156. The molecule has 0 bridgehead atoms. The molecule has 2 N–H and O–H groups in total. The number of nitrogens with zero attached hydrogens (tertiary/aromatic N) is 5. The summed E-state index contributed by atoms with van der Waals surface area (Å²) < 4.78 is 1.65. The summed E-state index contributed by atoms with van der Waals surface area (Å²) in [5.41, 5.74) is 2.18. The smallest absolute Gasteiger partial charge is 0.212 e. The van der Waals surface area contributed by atoms with E-state index >= 15 is 0 Å². The van der Waals surface area contributed by atoms with Crippen LogP contribution in [-0.2, 0) is 0 Å². The Morgan fingerprint density at radius 3 is 2.74 bits per heavy atom. The Balaban J connectivity index is 1.80. The predicted molar refractivity (Wildman–Crippen MR) is 85.7 cm³/mol. The van der Waals surface area contributed by atoms with Crippen molar-refractivity contribution in [1.29, 1.82) is 0 Å². The van der Waals surface area contributed by atoms with Crippen LogP contribution in [0.5, 0.6) is 11.5 Å². The highest BCUT2D eigenvalue weighted by molar-refractivity contribution is 7.99. The van der Waals surface area contributed by atoms with Crippen molar-refractivity contribution in [2.75, 3.05) is 5.75 Å². The molecule has 8 heteroatoms. The lowest BCUT2D eigenvalue weighted by Crippen LogP contribution is -2.13. The molecule has 1 aliphatic rings. The van der Waals surface area contributed by atoms with E-state index in [0.717, 1.165) is 11.3 Å². The van der Waals surface area contributed by atoms with Crippen LogP contribution in [0, 0.1) is 0 Å². The number of phenolic OH excluding ortho intramolecular Hbond substituents is 2. The first-order valence-electron chi connectivity index (χ1n) is 6.82. The lowest BCUT2D eigenvalue weighted by atomic mass is 10.1. The highest BCUT2D eigenvalue weighted by Crippen LogP contribution is 2.30. The second-order valence-corrected chi connectivity index (χ2v) is 5.81. The van der Waals surface area contributed by atoms with E-state index in [1.165, 1.54) is 23.9 Å². The summed E-state index contributed by atoms with van der Waals surface area (Å²) >= 11 is 1.50. The van der Waals surface area contributed by atoms with Gasteiger partial charge >= 0.3 is 0 Å².